The Kier molecular flexibility index (Phi) is 3.99. The van der Waals surface area contributed by atoms with Crippen LogP contribution in [0.5, 0.6) is 0 Å². The van der Waals surface area contributed by atoms with E-state index in [-0.39, 0.29) is 26.6 Å². The molecular weight excluding hydrogens is 303 g/mol. The summed E-state index contributed by atoms with van der Waals surface area (Å²) in [5.41, 5.74) is 0. The Bertz CT molecular complexity index is 86.0. The van der Waals surface area contributed by atoms with Gasteiger partial charge in [-0.1, -0.05) is 0 Å². The number of aliphatic hydroxyl groups excluding tert-OH is 1. The Hall–Kier alpha value is 0.0361. The molecule has 3 nitrogen and oxygen atoms in total. The fraction of sp³-hybridized carbons (Fsp3) is 0.500. The summed E-state index contributed by atoms with van der Waals surface area (Å²) in [6, 6.07) is 0. The van der Waals surface area contributed by atoms with Gasteiger partial charge in [0.05, 0.1) is 6.54 Å². The van der Waals surface area contributed by atoms with Crippen molar-refractivity contribution in [3.63, 3.8) is 0 Å². The second kappa shape index (κ2) is 3.97. The Morgan fingerprint density at radius 2 is 2.50 bits per heavy atom. The van der Waals surface area contributed by atoms with Crippen molar-refractivity contribution >= 4 is 26.6 Å². The Labute approximate surface area is 67.2 Å². The van der Waals surface area contributed by atoms with Crippen LogP contribution in [0, 0.1) is 0 Å². The molecule has 0 unspecified atom stereocenters. The van der Waals surface area contributed by atoms with Crippen LogP contribution in [0.4, 0.5) is 0 Å². The van der Waals surface area contributed by atoms with E-state index in [2.05, 4.69) is 5.32 Å². The van der Waals surface area contributed by atoms with Gasteiger partial charge in [0.25, 0.3) is 0 Å². The van der Waals surface area contributed by atoms with Crippen LogP contribution in [0.15, 0.2) is 12.1 Å². The van der Waals surface area contributed by atoms with E-state index in [1.165, 1.54) is 0 Å². The van der Waals surface area contributed by atoms with Crippen LogP contribution in [0.1, 0.15) is 0 Å². The van der Waals surface area contributed by atoms with Gasteiger partial charge in [0, 0.05) is 0 Å². The molecule has 0 spiro atoms. The zero-order valence-electron chi connectivity index (χ0n) is 4.35. The topological polar surface area (TPSA) is 41.5 Å². The molecule has 0 radical (unpaired) electrons. The predicted octanol–water partition coefficient (Wildman–Crippen LogP) is -0.953. The number of hydrogen-bond donors (Lipinski definition) is 2. The summed E-state index contributed by atoms with van der Waals surface area (Å²) in [6.07, 6.45) is 0.924. The van der Waals surface area contributed by atoms with E-state index in [1.807, 2.05) is 0 Å². The Morgan fingerprint density at radius 3 is 2.75 bits per heavy atom. The van der Waals surface area contributed by atoms with Gasteiger partial charge in [-0.3, -0.25) is 0 Å². The Balaban J connectivity index is 0.000000490. The minimum absolute atomic E-state index is 0. The summed E-state index contributed by atoms with van der Waals surface area (Å²) in [4.78, 5) is 0. The molecule has 0 aliphatic carbocycles. The molecule has 4 heteroatoms. The van der Waals surface area contributed by atoms with Gasteiger partial charge < -0.3 is 15.2 Å². The molecule has 1 saturated heterocycles. The number of aliphatic hydroxyl groups is 1. The number of hydrogen-bond acceptors (Lipinski definition) is 3. The molecule has 0 aromatic carbocycles. The quantitative estimate of drug-likeness (QED) is 0.567. The van der Waals surface area contributed by atoms with Crippen LogP contribution in [0.3, 0.4) is 0 Å². The molecule has 1 heterocycles. The number of nitrogens with one attached hydrogen (secondary N) is 1. The van der Waals surface area contributed by atoms with Gasteiger partial charge in [-0.05, 0) is 0 Å². The van der Waals surface area contributed by atoms with Crippen molar-refractivity contribution in [3.8, 4) is 0 Å². The first-order valence-electron chi connectivity index (χ1n) is 2.14. The third kappa shape index (κ3) is 1.87. The fourth-order valence-corrected chi connectivity index (χ4v) is 0.469. The van der Waals surface area contributed by atoms with Gasteiger partial charge in [0.1, 0.15) is 12.9 Å². The molecule has 2 N–H and O–H groups in total. The molecule has 0 saturated carbocycles. The molecule has 1 rings (SSSR count). The van der Waals surface area contributed by atoms with E-state index < -0.39 is 0 Å². The summed E-state index contributed by atoms with van der Waals surface area (Å²) in [5, 5.41) is 11.0. The second-order valence-electron chi connectivity index (χ2n) is 1.27. The zero-order valence-corrected chi connectivity index (χ0v) is 8.23. The van der Waals surface area contributed by atoms with E-state index >= 15 is 0 Å². The third-order valence-electron chi connectivity index (χ3n) is 0.776. The van der Waals surface area contributed by atoms with Crippen LogP contribution < -0.4 is 5.32 Å². The second-order valence-corrected chi connectivity index (χ2v) is 1.27. The normalized spacial score (nSPS) is 21.2. The summed E-state index contributed by atoms with van der Waals surface area (Å²) in [5.74, 6) is 0.472. The van der Waals surface area contributed by atoms with Crippen LogP contribution in [-0.4, -0.2) is 44.8 Å². The summed E-state index contributed by atoms with van der Waals surface area (Å²) < 4.78 is 4.80. The van der Waals surface area contributed by atoms with Crippen molar-refractivity contribution in [1.82, 2.24) is 5.32 Å². The van der Waals surface area contributed by atoms with Crippen LogP contribution in [0.2, 0.25) is 0 Å². The first-order valence-corrected chi connectivity index (χ1v) is 2.14. The van der Waals surface area contributed by atoms with E-state index in [4.69, 9.17) is 9.84 Å². The van der Waals surface area contributed by atoms with Crippen molar-refractivity contribution in [2.45, 2.75) is 0 Å². The van der Waals surface area contributed by atoms with E-state index in [0.717, 1.165) is 12.8 Å². The minimum atomic E-state index is 0. The van der Waals surface area contributed by atoms with Crippen LogP contribution in [-0.2, 0) is 4.74 Å². The fourth-order valence-electron chi connectivity index (χ4n) is 0.469. The zero-order chi connectivity index (χ0) is 5.11. The van der Waals surface area contributed by atoms with Gasteiger partial charge in [-0.25, -0.2) is 0 Å². The van der Waals surface area contributed by atoms with Crippen LogP contribution >= 0.6 is 0 Å². The Morgan fingerprint density at radius 1 is 1.75 bits per heavy atom. The van der Waals surface area contributed by atoms with Gasteiger partial charge >= 0.3 is 26.6 Å². The molecule has 0 aromatic heterocycles. The molecule has 1 aliphatic heterocycles. The first kappa shape index (κ1) is 8.04. The van der Waals surface area contributed by atoms with Crippen molar-refractivity contribution in [2.24, 2.45) is 0 Å². The summed E-state index contributed by atoms with van der Waals surface area (Å²) in [7, 11) is 0. The van der Waals surface area contributed by atoms with Gasteiger partial charge in [0.2, 0.25) is 5.88 Å². The molecule has 1 fully saturated rings. The standard InChI is InChI=1S/C4H7NO2.Po.2H/c6-3-4-5-1-2-7-4;;;/h3,5-6H,1-2H2;;;. The molecule has 8 heavy (non-hydrogen) atoms. The molecule has 0 bridgehead atoms. The maximum atomic E-state index is 8.22. The average Bonchev–Trinajstić information content (AvgIpc) is 2.14. The van der Waals surface area contributed by atoms with Crippen molar-refractivity contribution in [2.75, 3.05) is 13.2 Å². The molecular formula is C4H9NO2Po. The first-order chi connectivity index (χ1) is 3.43. The van der Waals surface area contributed by atoms with Gasteiger partial charge in [0.15, 0.2) is 0 Å². The third-order valence-corrected chi connectivity index (χ3v) is 0.776. The molecule has 0 amide bonds. The maximum absolute atomic E-state index is 8.22. The molecule has 0 aromatic rings. The molecule has 0 atom stereocenters. The number of ether oxygens (including phenoxy) is 1. The van der Waals surface area contributed by atoms with E-state index in [0.29, 0.717) is 12.5 Å². The number of rotatable bonds is 0. The SMILES string of the molecule is OC=C1NCCO1.[PoH2]. The van der Waals surface area contributed by atoms with Gasteiger partial charge in [-0.2, -0.15) is 0 Å². The summed E-state index contributed by atoms with van der Waals surface area (Å²) >= 11 is 0. The average molecular weight is 312 g/mol. The van der Waals surface area contributed by atoms with Crippen molar-refractivity contribution in [1.29, 1.82) is 0 Å². The van der Waals surface area contributed by atoms with E-state index in [1.54, 1.807) is 0 Å². The monoisotopic (exact) mass is 312 g/mol. The predicted molar refractivity (Wildman–Crippen MR) is 33.2 cm³/mol. The van der Waals surface area contributed by atoms with Crippen LogP contribution in [0.25, 0.3) is 0 Å². The van der Waals surface area contributed by atoms with E-state index in [9.17, 15) is 0 Å². The summed E-state index contributed by atoms with van der Waals surface area (Å²) in [6.45, 7) is 1.46. The van der Waals surface area contributed by atoms with Crippen molar-refractivity contribution < 1.29 is 9.84 Å². The van der Waals surface area contributed by atoms with Gasteiger partial charge in [-0.15, -0.1) is 0 Å². The molecule has 1 aliphatic rings. The molecule has 48 valence electrons. The van der Waals surface area contributed by atoms with Crippen molar-refractivity contribution in [3.05, 3.63) is 12.1 Å².